The van der Waals surface area contributed by atoms with Crippen LogP contribution < -0.4 is 5.73 Å². The number of rotatable bonds is 5. The highest BCUT2D eigenvalue weighted by Gasteiger charge is 2.29. The Morgan fingerprint density at radius 3 is 2.75 bits per heavy atom. The molecule has 1 atom stereocenters. The fourth-order valence-corrected chi connectivity index (χ4v) is 3.06. The van der Waals surface area contributed by atoms with Crippen LogP contribution in [0.3, 0.4) is 0 Å². The summed E-state index contributed by atoms with van der Waals surface area (Å²) < 4.78 is 0. The molecule has 108 valence electrons. The number of carbonyl (C=O) groups excluding carboxylic acids is 2. The monoisotopic (exact) mass is 292 g/mol. The second-order valence-corrected chi connectivity index (χ2v) is 6.40. The van der Waals surface area contributed by atoms with Crippen molar-refractivity contribution in [3.8, 4) is 0 Å². The first kappa shape index (κ1) is 14.9. The van der Waals surface area contributed by atoms with E-state index in [0.717, 1.165) is 31.0 Å². The summed E-state index contributed by atoms with van der Waals surface area (Å²) in [6.07, 6.45) is 1.42. The van der Waals surface area contributed by atoms with Gasteiger partial charge in [0.15, 0.2) is 5.12 Å². The van der Waals surface area contributed by atoms with Gasteiger partial charge in [-0.15, -0.1) is 0 Å². The molecule has 2 rings (SSSR count). The van der Waals surface area contributed by atoms with Crippen molar-refractivity contribution in [3.05, 3.63) is 29.8 Å². The molecule has 0 aliphatic carbocycles. The third-order valence-electron chi connectivity index (χ3n) is 3.47. The highest BCUT2D eigenvalue weighted by Crippen LogP contribution is 2.22. The molecule has 20 heavy (non-hydrogen) atoms. The number of hydrogen-bond donors (Lipinski definition) is 1. The number of nitrogens with two attached hydrogens (primary N) is 1. The quantitative estimate of drug-likeness (QED) is 0.842. The van der Waals surface area contributed by atoms with Gasteiger partial charge in [-0.2, -0.15) is 0 Å². The number of amides is 1. The first-order chi connectivity index (χ1) is 9.54. The Kier molecular flexibility index (Phi) is 5.06. The lowest BCUT2D eigenvalue weighted by Crippen LogP contribution is -2.27. The second-order valence-electron chi connectivity index (χ2n) is 5.20. The Balaban J connectivity index is 1.80. The SMILES string of the molecule is CC(=O)SCC1CC(=O)N(CCc2ccc(N)cc2)C1. The summed E-state index contributed by atoms with van der Waals surface area (Å²) in [5, 5.41) is 0.123. The normalized spacial score (nSPS) is 18.6. The molecule has 1 aliphatic heterocycles. The fraction of sp³-hybridized carbons (Fsp3) is 0.467. The first-order valence-electron chi connectivity index (χ1n) is 6.80. The molecule has 0 aromatic heterocycles. The van der Waals surface area contributed by atoms with E-state index in [0.29, 0.717) is 12.3 Å². The van der Waals surface area contributed by atoms with Crippen LogP contribution in [0.5, 0.6) is 0 Å². The zero-order valence-corrected chi connectivity index (χ0v) is 12.5. The lowest BCUT2D eigenvalue weighted by molar-refractivity contribution is -0.127. The van der Waals surface area contributed by atoms with Gasteiger partial charge in [-0.3, -0.25) is 9.59 Å². The Hall–Kier alpha value is -1.49. The van der Waals surface area contributed by atoms with Gasteiger partial charge in [0.2, 0.25) is 5.91 Å². The van der Waals surface area contributed by atoms with Gasteiger partial charge in [-0.1, -0.05) is 23.9 Å². The summed E-state index contributed by atoms with van der Waals surface area (Å²) >= 11 is 1.32. The lowest BCUT2D eigenvalue weighted by Gasteiger charge is -2.16. The van der Waals surface area contributed by atoms with Crippen molar-refractivity contribution in [2.75, 3.05) is 24.6 Å². The topological polar surface area (TPSA) is 63.4 Å². The molecule has 1 unspecified atom stereocenters. The van der Waals surface area contributed by atoms with Crippen LogP contribution >= 0.6 is 11.8 Å². The number of nitrogen functional groups attached to an aromatic ring is 1. The molecule has 2 N–H and O–H groups in total. The zero-order chi connectivity index (χ0) is 14.5. The van der Waals surface area contributed by atoms with E-state index in [-0.39, 0.29) is 11.0 Å². The van der Waals surface area contributed by atoms with Gasteiger partial charge in [0.1, 0.15) is 0 Å². The first-order valence-corrected chi connectivity index (χ1v) is 7.78. The summed E-state index contributed by atoms with van der Waals surface area (Å²) in [7, 11) is 0. The summed E-state index contributed by atoms with van der Waals surface area (Å²) in [4.78, 5) is 24.8. The third kappa shape index (κ3) is 4.27. The Morgan fingerprint density at radius 1 is 1.40 bits per heavy atom. The summed E-state index contributed by atoms with van der Waals surface area (Å²) in [6, 6.07) is 7.76. The number of carbonyl (C=O) groups is 2. The van der Waals surface area contributed by atoms with Crippen LogP contribution in [0.2, 0.25) is 0 Å². The van der Waals surface area contributed by atoms with Gasteiger partial charge in [0, 0.05) is 37.9 Å². The van der Waals surface area contributed by atoms with Crippen LogP contribution in [-0.4, -0.2) is 34.8 Å². The number of anilines is 1. The van der Waals surface area contributed by atoms with E-state index in [1.807, 2.05) is 29.2 Å². The molecular weight excluding hydrogens is 272 g/mol. The maximum atomic E-state index is 11.9. The average Bonchev–Trinajstić information content (AvgIpc) is 2.76. The highest BCUT2D eigenvalue weighted by atomic mass is 32.2. The van der Waals surface area contributed by atoms with Crippen LogP contribution in [0.15, 0.2) is 24.3 Å². The van der Waals surface area contributed by atoms with Gasteiger partial charge < -0.3 is 10.6 Å². The Bertz CT molecular complexity index is 487. The van der Waals surface area contributed by atoms with Gasteiger partial charge in [0.25, 0.3) is 0 Å². The molecule has 1 heterocycles. The van der Waals surface area contributed by atoms with E-state index in [2.05, 4.69) is 0 Å². The molecule has 4 nitrogen and oxygen atoms in total. The maximum absolute atomic E-state index is 11.9. The van der Waals surface area contributed by atoms with Crippen LogP contribution in [0.1, 0.15) is 18.9 Å². The highest BCUT2D eigenvalue weighted by molar-refractivity contribution is 8.13. The number of likely N-dealkylation sites (tertiary alicyclic amines) is 1. The van der Waals surface area contributed by atoms with E-state index in [1.165, 1.54) is 17.3 Å². The largest absolute Gasteiger partial charge is 0.399 e. The van der Waals surface area contributed by atoms with Gasteiger partial charge in [0.05, 0.1) is 0 Å². The average molecular weight is 292 g/mol. The van der Waals surface area contributed by atoms with Gasteiger partial charge in [-0.05, 0) is 30.0 Å². The molecule has 5 heteroatoms. The van der Waals surface area contributed by atoms with Crippen molar-refractivity contribution in [2.45, 2.75) is 19.8 Å². The van der Waals surface area contributed by atoms with Crippen molar-refractivity contribution >= 4 is 28.5 Å². The molecule has 1 amide bonds. The van der Waals surface area contributed by atoms with Crippen molar-refractivity contribution in [1.29, 1.82) is 0 Å². The predicted molar refractivity (Wildman–Crippen MR) is 82.4 cm³/mol. The summed E-state index contributed by atoms with van der Waals surface area (Å²) in [6.45, 7) is 3.08. The number of hydrogen-bond acceptors (Lipinski definition) is 4. The molecule has 0 saturated carbocycles. The predicted octanol–water partition coefficient (Wildman–Crippen LogP) is 1.94. The molecular formula is C15H20N2O2S. The van der Waals surface area contributed by atoms with Crippen LogP contribution in [0.25, 0.3) is 0 Å². The van der Waals surface area contributed by atoms with E-state index in [9.17, 15) is 9.59 Å². The molecule has 0 spiro atoms. The third-order valence-corrected chi connectivity index (χ3v) is 4.51. The molecule has 0 radical (unpaired) electrons. The van der Waals surface area contributed by atoms with E-state index in [4.69, 9.17) is 5.73 Å². The fourth-order valence-electron chi connectivity index (χ4n) is 2.37. The zero-order valence-electron chi connectivity index (χ0n) is 11.7. The van der Waals surface area contributed by atoms with Crippen molar-refractivity contribution in [3.63, 3.8) is 0 Å². The summed E-state index contributed by atoms with van der Waals surface area (Å²) in [5.41, 5.74) is 7.59. The minimum atomic E-state index is 0.123. The molecule has 0 bridgehead atoms. The minimum absolute atomic E-state index is 0.123. The van der Waals surface area contributed by atoms with Crippen LogP contribution in [-0.2, 0) is 16.0 Å². The van der Waals surface area contributed by atoms with Crippen molar-refractivity contribution < 1.29 is 9.59 Å². The van der Waals surface area contributed by atoms with Crippen LogP contribution in [0.4, 0.5) is 5.69 Å². The van der Waals surface area contributed by atoms with E-state index >= 15 is 0 Å². The van der Waals surface area contributed by atoms with Crippen molar-refractivity contribution in [2.24, 2.45) is 5.92 Å². The van der Waals surface area contributed by atoms with E-state index < -0.39 is 0 Å². The van der Waals surface area contributed by atoms with Gasteiger partial charge >= 0.3 is 0 Å². The molecule has 1 fully saturated rings. The molecule has 1 aromatic carbocycles. The Morgan fingerprint density at radius 2 is 2.10 bits per heavy atom. The van der Waals surface area contributed by atoms with E-state index in [1.54, 1.807) is 6.92 Å². The molecule has 1 aromatic rings. The summed E-state index contributed by atoms with van der Waals surface area (Å²) in [5.74, 6) is 1.26. The number of thioether (sulfide) groups is 1. The second kappa shape index (κ2) is 6.79. The minimum Gasteiger partial charge on any atom is -0.399 e. The molecule has 1 saturated heterocycles. The lowest BCUT2D eigenvalue weighted by atomic mass is 10.1. The van der Waals surface area contributed by atoms with Gasteiger partial charge in [-0.25, -0.2) is 0 Å². The Labute approximate surface area is 123 Å². The van der Waals surface area contributed by atoms with Crippen molar-refractivity contribution in [1.82, 2.24) is 4.90 Å². The van der Waals surface area contributed by atoms with Crippen LogP contribution in [0, 0.1) is 5.92 Å². The molecule has 1 aliphatic rings. The maximum Gasteiger partial charge on any atom is 0.222 e. The smallest absolute Gasteiger partial charge is 0.222 e. The number of benzene rings is 1. The standard InChI is InChI=1S/C15H20N2O2S/c1-11(18)20-10-13-8-15(19)17(9-13)7-6-12-2-4-14(16)5-3-12/h2-5,13H,6-10,16H2,1H3. The number of nitrogens with zero attached hydrogens (tertiary/aromatic N) is 1.